The van der Waals surface area contributed by atoms with Gasteiger partial charge < -0.3 is 15.5 Å². The number of nitrogens with zero attached hydrogens (tertiary/aromatic N) is 1. The Bertz CT molecular complexity index is 327. The molecule has 5 nitrogen and oxygen atoms in total. The van der Waals surface area contributed by atoms with Gasteiger partial charge in [0.25, 0.3) is 0 Å². The molecule has 3 N–H and O–H groups in total. The molecule has 4 rings (SSSR count). The summed E-state index contributed by atoms with van der Waals surface area (Å²) in [4.78, 5) is 4.75. The highest BCUT2D eigenvalue weighted by atomic mass is 16.5. The van der Waals surface area contributed by atoms with E-state index in [-0.39, 0.29) is 6.17 Å². The van der Waals surface area contributed by atoms with Gasteiger partial charge in [-0.2, -0.15) is 0 Å². The summed E-state index contributed by atoms with van der Waals surface area (Å²) >= 11 is 0. The van der Waals surface area contributed by atoms with Gasteiger partial charge in [-0.15, -0.1) is 0 Å². The van der Waals surface area contributed by atoms with Crippen LogP contribution in [0.1, 0.15) is 12.8 Å². The Balaban J connectivity index is 1.38. The minimum Gasteiger partial charge on any atom is -0.380 e. The topological polar surface area (TPSA) is 57.7 Å². The van der Waals surface area contributed by atoms with Crippen LogP contribution in [-0.2, 0) is 4.74 Å². The highest BCUT2D eigenvalue weighted by Gasteiger charge is 2.50. The lowest BCUT2D eigenvalue weighted by Gasteiger charge is -2.54. The summed E-state index contributed by atoms with van der Waals surface area (Å²) in [5.41, 5.74) is 7.17. The molecule has 0 radical (unpaired) electrons. The molecule has 1 unspecified atom stereocenters. The van der Waals surface area contributed by atoms with Gasteiger partial charge in [0.15, 0.2) is 0 Å². The molecule has 1 aliphatic carbocycles. The molecule has 0 aromatic carbocycles. The summed E-state index contributed by atoms with van der Waals surface area (Å²) in [7, 11) is 0. The van der Waals surface area contributed by atoms with E-state index < -0.39 is 0 Å². The van der Waals surface area contributed by atoms with E-state index in [4.69, 9.17) is 9.73 Å². The minimum absolute atomic E-state index is 0.250. The Kier molecular flexibility index (Phi) is 1.87. The molecule has 88 valence electrons. The molecule has 3 heterocycles. The van der Waals surface area contributed by atoms with Crippen molar-refractivity contribution in [1.82, 2.24) is 16.2 Å². The van der Waals surface area contributed by atoms with E-state index in [1.807, 2.05) is 0 Å². The number of nitrogens with one attached hydrogen (secondary N) is 3. The lowest BCUT2D eigenvalue weighted by atomic mass is 9.58. The van der Waals surface area contributed by atoms with Crippen LogP contribution < -0.4 is 16.2 Å². The third kappa shape index (κ3) is 1.25. The molecule has 0 aromatic rings. The van der Waals surface area contributed by atoms with Crippen LogP contribution in [-0.4, -0.2) is 38.3 Å². The van der Waals surface area contributed by atoms with Crippen molar-refractivity contribution in [3.63, 3.8) is 0 Å². The van der Waals surface area contributed by atoms with E-state index in [1.165, 1.54) is 31.8 Å². The lowest BCUT2D eigenvalue weighted by molar-refractivity contribution is -0.0474. The molecule has 0 bridgehead atoms. The van der Waals surface area contributed by atoms with E-state index in [0.29, 0.717) is 17.3 Å². The lowest BCUT2D eigenvalue weighted by Crippen LogP contribution is -2.62. The normalized spacial score (nSPS) is 37.2. The van der Waals surface area contributed by atoms with Crippen molar-refractivity contribution >= 4 is 5.84 Å². The van der Waals surface area contributed by atoms with Crippen molar-refractivity contribution in [1.29, 1.82) is 0 Å². The van der Waals surface area contributed by atoms with Gasteiger partial charge in [-0.1, -0.05) is 0 Å². The van der Waals surface area contributed by atoms with Crippen molar-refractivity contribution in [2.24, 2.45) is 22.2 Å². The largest absolute Gasteiger partial charge is 0.380 e. The Hall–Kier alpha value is -0.650. The number of hydrogen-bond acceptors (Lipinski definition) is 5. The standard InChI is InChI=1S/C11H18N4O/c1-7(2-11(1)5-12-6-11)9-13-10(15-14-9)8-3-16-4-8/h7-8,10,12,15H,1-6H2,(H,13,14). The molecule has 5 heteroatoms. The van der Waals surface area contributed by atoms with Crippen molar-refractivity contribution in [3.8, 4) is 0 Å². The molecule has 1 atom stereocenters. The number of hydrazine groups is 1. The van der Waals surface area contributed by atoms with Gasteiger partial charge in [-0.05, 0) is 18.3 Å². The van der Waals surface area contributed by atoms with E-state index in [1.54, 1.807) is 0 Å². The molecular weight excluding hydrogens is 204 g/mol. The molecule has 3 fully saturated rings. The van der Waals surface area contributed by atoms with Crippen LogP contribution in [0.4, 0.5) is 0 Å². The van der Waals surface area contributed by atoms with Gasteiger partial charge >= 0.3 is 0 Å². The van der Waals surface area contributed by atoms with Gasteiger partial charge in [0, 0.05) is 24.9 Å². The zero-order valence-corrected chi connectivity index (χ0v) is 9.33. The SMILES string of the molecule is C1OCC1C1N=C(C2CC3(CNC3)C2)NN1. The average molecular weight is 222 g/mol. The molecular formula is C11H18N4O. The van der Waals surface area contributed by atoms with E-state index in [2.05, 4.69) is 16.2 Å². The number of ether oxygens (including phenoxy) is 1. The number of amidine groups is 1. The van der Waals surface area contributed by atoms with Gasteiger partial charge in [0.05, 0.1) is 13.2 Å². The van der Waals surface area contributed by atoms with Crippen LogP contribution in [0.15, 0.2) is 4.99 Å². The van der Waals surface area contributed by atoms with Crippen molar-refractivity contribution in [3.05, 3.63) is 0 Å². The van der Waals surface area contributed by atoms with Gasteiger partial charge in [-0.3, -0.25) is 4.99 Å². The average Bonchev–Trinajstić information content (AvgIpc) is 2.44. The molecule has 3 aliphatic heterocycles. The molecule has 1 spiro atoms. The Morgan fingerprint density at radius 3 is 2.62 bits per heavy atom. The maximum absolute atomic E-state index is 5.20. The fraction of sp³-hybridized carbons (Fsp3) is 0.909. The zero-order valence-electron chi connectivity index (χ0n) is 9.33. The van der Waals surface area contributed by atoms with Gasteiger partial charge in [-0.25, -0.2) is 5.43 Å². The van der Waals surface area contributed by atoms with Crippen LogP contribution in [0.3, 0.4) is 0 Å². The highest BCUT2D eigenvalue weighted by molar-refractivity contribution is 5.86. The van der Waals surface area contributed by atoms with Crippen LogP contribution in [0.5, 0.6) is 0 Å². The van der Waals surface area contributed by atoms with Crippen molar-refractivity contribution in [2.75, 3.05) is 26.3 Å². The predicted octanol–water partition coefficient (Wildman–Crippen LogP) is -0.535. The first-order valence-corrected chi connectivity index (χ1v) is 6.22. The van der Waals surface area contributed by atoms with Gasteiger partial charge in [0.1, 0.15) is 12.0 Å². The smallest absolute Gasteiger partial charge is 0.125 e. The third-order valence-electron chi connectivity index (χ3n) is 4.48. The summed E-state index contributed by atoms with van der Waals surface area (Å²) < 4.78 is 5.20. The van der Waals surface area contributed by atoms with Crippen molar-refractivity contribution in [2.45, 2.75) is 19.0 Å². The molecule has 1 saturated carbocycles. The second-order valence-corrected chi connectivity index (χ2v) is 5.73. The second-order valence-electron chi connectivity index (χ2n) is 5.73. The highest BCUT2D eigenvalue weighted by Crippen LogP contribution is 2.48. The fourth-order valence-electron chi connectivity index (χ4n) is 3.18. The Labute approximate surface area is 95.0 Å². The predicted molar refractivity (Wildman–Crippen MR) is 59.8 cm³/mol. The third-order valence-corrected chi connectivity index (χ3v) is 4.48. The molecule has 2 saturated heterocycles. The summed E-state index contributed by atoms with van der Waals surface area (Å²) in [5.74, 6) is 2.43. The van der Waals surface area contributed by atoms with Crippen LogP contribution >= 0.6 is 0 Å². The fourth-order valence-corrected chi connectivity index (χ4v) is 3.18. The first-order chi connectivity index (χ1) is 7.85. The first-order valence-electron chi connectivity index (χ1n) is 6.22. The zero-order chi connectivity index (χ0) is 10.6. The second kappa shape index (κ2) is 3.18. The van der Waals surface area contributed by atoms with E-state index >= 15 is 0 Å². The van der Waals surface area contributed by atoms with Crippen LogP contribution in [0.25, 0.3) is 0 Å². The van der Waals surface area contributed by atoms with E-state index in [0.717, 1.165) is 13.2 Å². The van der Waals surface area contributed by atoms with Gasteiger partial charge in [0.2, 0.25) is 0 Å². The monoisotopic (exact) mass is 222 g/mol. The summed E-state index contributed by atoms with van der Waals surface area (Å²) in [5, 5.41) is 3.37. The maximum Gasteiger partial charge on any atom is 0.125 e. The number of hydrogen-bond donors (Lipinski definition) is 3. The summed E-state index contributed by atoms with van der Waals surface area (Å²) in [6, 6.07) is 0. The Morgan fingerprint density at radius 1 is 1.25 bits per heavy atom. The van der Waals surface area contributed by atoms with Crippen LogP contribution in [0.2, 0.25) is 0 Å². The Morgan fingerprint density at radius 2 is 2.06 bits per heavy atom. The summed E-state index contributed by atoms with van der Waals surface area (Å²) in [6.45, 7) is 4.14. The number of aliphatic imine (C=N–C) groups is 1. The summed E-state index contributed by atoms with van der Waals surface area (Å²) in [6.07, 6.45) is 2.86. The first kappa shape index (κ1) is 9.39. The van der Waals surface area contributed by atoms with Crippen LogP contribution in [0, 0.1) is 17.3 Å². The van der Waals surface area contributed by atoms with Crippen molar-refractivity contribution < 1.29 is 4.74 Å². The van der Waals surface area contributed by atoms with E-state index in [9.17, 15) is 0 Å². The maximum atomic E-state index is 5.20. The molecule has 0 aromatic heterocycles. The number of rotatable bonds is 2. The molecule has 4 aliphatic rings. The minimum atomic E-state index is 0.250. The molecule has 0 amide bonds. The molecule has 16 heavy (non-hydrogen) atoms. The quantitative estimate of drug-likeness (QED) is 0.587.